The molecule has 0 aromatic heterocycles. The summed E-state index contributed by atoms with van der Waals surface area (Å²) in [6, 6.07) is 0.435. The Morgan fingerprint density at radius 3 is 2.60 bits per heavy atom. The average Bonchev–Trinajstić information content (AvgIpc) is 2.64. The Morgan fingerprint density at radius 1 is 1.47 bits per heavy atom. The van der Waals surface area contributed by atoms with Crippen LogP contribution in [0.4, 0.5) is 0 Å². The highest BCUT2D eigenvalue weighted by molar-refractivity contribution is 4.80. The van der Waals surface area contributed by atoms with Crippen molar-refractivity contribution in [3.05, 3.63) is 0 Å². The van der Waals surface area contributed by atoms with E-state index in [0.29, 0.717) is 18.5 Å². The minimum Gasteiger partial charge on any atom is -0.391 e. The van der Waals surface area contributed by atoms with Crippen LogP contribution in [0.25, 0.3) is 0 Å². The van der Waals surface area contributed by atoms with Crippen molar-refractivity contribution in [1.82, 2.24) is 5.32 Å². The van der Waals surface area contributed by atoms with Crippen LogP contribution in [0.2, 0.25) is 0 Å². The minimum atomic E-state index is -0.290. The van der Waals surface area contributed by atoms with E-state index in [1.54, 1.807) is 0 Å². The fraction of sp³-hybridized carbons (Fsp3) is 1.00. The summed E-state index contributed by atoms with van der Waals surface area (Å²) in [6.45, 7) is 10.8. The van der Waals surface area contributed by atoms with E-state index in [0.717, 1.165) is 19.6 Å². The van der Waals surface area contributed by atoms with E-state index in [1.165, 1.54) is 0 Å². The molecule has 1 fully saturated rings. The lowest BCUT2D eigenvalue weighted by molar-refractivity contribution is 0.0585. The molecule has 1 rings (SSSR count). The van der Waals surface area contributed by atoms with Crippen molar-refractivity contribution in [3.63, 3.8) is 0 Å². The number of nitrogens with one attached hydrogen (secondary N) is 1. The van der Waals surface area contributed by atoms with Gasteiger partial charge in [0.2, 0.25) is 0 Å². The van der Waals surface area contributed by atoms with Crippen LogP contribution in [0.3, 0.4) is 0 Å². The highest BCUT2D eigenvalue weighted by Gasteiger charge is 2.25. The van der Waals surface area contributed by atoms with Crippen LogP contribution in [0, 0.1) is 11.3 Å². The van der Waals surface area contributed by atoms with Gasteiger partial charge in [-0.3, -0.25) is 0 Å². The van der Waals surface area contributed by atoms with E-state index >= 15 is 0 Å². The molecule has 0 radical (unpaired) electrons. The van der Waals surface area contributed by atoms with E-state index in [-0.39, 0.29) is 11.5 Å². The van der Waals surface area contributed by atoms with Gasteiger partial charge in [-0.25, -0.2) is 0 Å². The van der Waals surface area contributed by atoms with E-state index in [1.807, 2.05) is 0 Å². The Morgan fingerprint density at radius 2 is 2.13 bits per heavy atom. The fourth-order valence-electron chi connectivity index (χ4n) is 1.72. The molecule has 3 unspecified atom stereocenters. The van der Waals surface area contributed by atoms with E-state index in [2.05, 4.69) is 33.0 Å². The molecule has 0 spiro atoms. The van der Waals surface area contributed by atoms with Gasteiger partial charge in [-0.15, -0.1) is 0 Å². The molecule has 1 saturated heterocycles. The van der Waals surface area contributed by atoms with Gasteiger partial charge in [0, 0.05) is 19.2 Å². The Kier molecular flexibility index (Phi) is 4.56. The first-order chi connectivity index (χ1) is 6.91. The highest BCUT2D eigenvalue weighted by Crippen LogP contribution is 2.20. The van der Waals surface area contributed by atoms with Gasteiger partial charge < -0.3 is 15.2 Å². The molecule has 15 heavy (non-hydrogen) atoms. The van der Waals surface area contributed by atoms with E-state index in [4.69, 9.17) is 4.74 Å². The zero-order chi connectivity index (χ0) is 11.5. The van der Waals surface area contributed by atoms with E-state index < -0.39 is 0 Å². The second-order valence-corrected chi connectivity index (χ2v) is 5.70. The average molecular weight is 215 g/mol. The van der Waals surface area contributed by atoms with Crippen molar-refractivity contribution in [3.8, 4) is 0 Å². The van der Waals surface area contributed by atoms with Gasteiger partial charge in [-0.05, 0) is 24.7 Å². The molecule has 0 saturated carbocycles. The maximum atomic E-state index is 9.88. The van der Waals surface area contributed by atoms with Crippen LogP contribution < -0.4 is 5.32 Å². The predicted molar refractivity (Wildman–Crippen MR) is 61.9 cm³/mol. The Labute approximate surface area is 93.2 Å². The maximum Gasteiger partial charge on any atom is 0.0712 e. The maximum absolute atomic E-state index is 9.88. The number of aliphatic hydroxyl groups excluding tert-OH is 1. The summed E-state index contributed by atoms with van der Waals surface area (Å²) in [4.78, 5) is 0. The molecule has 0 aliphatic carbocycles. The number of ether oxygens (including phenoxy) is 1. The molecular weight excluding hydrogens is 190 g/mol. The lowest BCUT2D eigenvalue weighted by atomic mass is 9.89. The summed E-state index contributed by atoms with van der Waals surface area (Å²) in [5.41, 5.74) is -0.0428. The lowest BCUT2D eigenvalue weighted by Gasteiger charge is -2.28. The first kappa shape index (κ1) is 12.9. The molecular formula is C12H25NO2. The van der Waals surface area contributed by atoms with Gasteiger partial charge in [-0.1, -0.05) is 20.8 Å². The molecule has 90 valence electrons. The molecule has 0 aromatic carbocycles. The largest absolute Gasteiger partial charge is 0.391 e. The number of rotatable bonds is 4. The summed E-state index contributed by atoms with van der Waals surface area (Å²) >= 11 is 0. The van der Waals surface area contributed by atoms with Crippen molar-refractivity contribution >= 4 is 0 Å². The Hall–Kier alpha value is -0.120. The molecule has 1 aliphatic rings. The number of hydrogen-bond acceptors (Lipinski definition) is 3. The smallest absolute Gasteiger partial charge is 0.0712 e. The molecule has 3 atom stereocenters. The Bertz CT molecular complexity index is 183. The van der Waals surface area contributed by atoms with Crippen LogP contribution in [0.15, 0.2) is 0 Å². The summed E-state index contributed by atoms with van der Waals surface area (Å²) in [5, 5.41) is 13.3. The standard InChI is InChI=1S/C12H25NO2/c1-9(10-5-6-15-8-10)13-7-11(14)12(2,3)4/h9-11,13-14H,5-8H2,1-4H3. The number of hydrogen-bond donors (Lipinski definition) is 2. The number of aliphatic hydroxyl groups is 1. The molecule has 2 N–H and O–H groups in total. The monoisotopic (exact) mass is 215 g/mol. The molecule has 1 aliphatic heterocycles. The Balaban J connectivity index is 2.24. The molecule has 3 heteroatoms. The van der Waals surface area contributed by atoms with Gasteiger partial charge >= 0.3 is 0 Å². The predicted octanol–water partition coefficient (Wildman–Crippen LogP) is 1.41. The van der Waals surface area contributed by atoms with Gasteiger partial charge in [0.15, 0.2) is 0 Å². The van der Waals surface area contributed by atoms with Crippen molar-refractivity contribution in [2.75, 3.05) is 19.8 Å². The third kappa shape index (κ3) is 4.09. The first-order valence-corrected chi connectivity index (χ1v) is 5.90. The second-order valence-electron chi connectivity index (χ2n) is 5.70. The van der Waals surface area contributed by atoms with Crippen LogP contribution >= 0.6 is 0 Å². The highest BCUT2D eigenvalue weighted by atomic mass is 16.5. The molecule has 0 bridgehead atoms. The van der Waals surface area contributed by atoms with Gasteiger partial charge in [-0.2, -0.15) is 0 Å². The topological polar surface area (TPSA) is 41.5 Å². The van der Waals surface area contributed by atoms with Crippen LogP contribution in [0.5, 0.6) is 0 Å². The van der Waals surface area contributed by atoms with Gasteiger partial charge in [0.05, 0.1) is 12.7 Å². The quantitative estimate of drug-likeness (QED) is 0.745. The second kappa shape index (κ2) is 5.28. The normalized spacial score (nSPS) is 26.6. The van der Waals surface area contributed by atoms with Crippen molar-refractivity contribution in [2.45, 2.75) is 46.3 Å². The van der Waals surface area contributed by atoms with Gasteiger partial charge in [0.1, 0.15) is 0 Å². The van der Waals surface area contributed by atoms with E-state index in [9.17, 15) is 5.11 Å². The zero-order valence-corrected chi connectivity index (χ0v) is 10.4. The van der Waals surface area contributed by atoms with Crippen molar-refractivity contribution in [2.24, 2.45) is 11.3 Å². The summed E-state index contributed by atoms with van der Waals surface area (Å²) in [5.74, 6) is 0.608. The zero-order valence-electron chi connectivity index (χ0n) is 10.4. The fourth-order valence-corrected chi connectivity index (χ4v) is 1.72. The van der Waals surface area contributed by atoms with Crippen molar-refractivity contribution in [1.29, 1.82) is 0 Å². The summed E-state index contributed by atoms with van der Waals surface area (Å²) in [6.07, 6.45) is 0.849. The minimum absolute atomic E-state index is 0.0428. The van der Waals surface area contributed by atoms with Crippen LogP contribution in [-0.2, 0) is 4.74 Å². The van der Waals surface area contributed by atoms with Gasteiger partial charge in [0.25, 0.3) is 0 Å². The lowest BCUT2D eigenvalue weighted by Crippen LogP contribution is -2.43. The molecule has 0 aromatic rings. The van der Waals surface area contributed by atoms with Crippen molar-refractivity contribution < 1.29 is 9.84 Å². The van der Waals surface area contributed by atoms with Crippen LogP contribution in [0.1, 0.15) is 34.1 Å². The third-order valence-corrected chi connectivity index (χ3v) is 3.30. The first-order valence-electron chi connectivity index (χ1n) is 5.90. The summed E-state index contributed by atoms with van der Waals surface area (Å²) < 4.78 is 5.35. The third-order valence-electron chi connectivity index (χ3n) is 3.30. The molecule has 3 nitrogen and oxygen atoms in total. The molecule has 1 heterocycles. The SMILES string of the molecule is CC(NCC(O)C(C)(C)C)C1CCOC1. The molecule has 0 amide bonds. The summed E-state index contributed by atoms with van der Waals surface area (Å²) in [7, 11) is 0. The van der Waals surface area contributed by atoms with Crippen LogP contribution in [-0.4, -0.2) is 37.0 Å².